The molecule has 3 aromatic carbocycles. The van der Waals surface area contributed by atoms with E-state index in [0.717, 1.165) is 47.2 Å². The second-order valence-corrected chi connectivity index (χ2v) is 8.87. The molecule has 4 nitrogen and oxygen atoms in total. The van der Waals surface area contributed by atoms with E-state index in [1.165, 1.54) is 22.1 Å². The number of aryl methyl sites for hydroxylation is 2. The summed E-state index contributed by atoms with van der Waals surface area (Å²) in [6.45, 7) is 4.46. The molecule has 156 valence electrons. The third-order valence-electron chi connectivity index (χ3n) is 6.20. The molecular formula is C27H25NO3. The Labute approximate surface area is 181 Å². The highest BCUT2D eigenvalue weighted by Gasteiger charge is 2.24. The van der Waals surface area contributed by atoms with Crippen LogP contribution in [0.2, 0.25) is 0 Å². The quantitative estimate of drug-likeness (QED) is 0.374. The lowest BCUT2D eigenvalue weighted by molar-refractivity contribution is 0.0693. The summed E-state index contributed by atoms with van der Waals surface area (Å²) >= 11 is 0. The molecule has 5 rings (SSSR count). The van der Waals surface area contributed by atoms with Gasteiger partial charge in [0.2, 0.25) is 0 Å². The number of H-pyrrole nitrogens is 1. The van der Waals surface area contributed by atoms with E-state index in [1.807, 2.05) is 0 Å². The van der Waals surface area contributed by atoms with Crippen LogP contribution in [0.4, 0.5) is 0 Å². The minimum absolute atomic E-state index is 0.0403. The standard InChI is InChI=1S/C27H25NO3/c1-15(2)11-16-3-5-17(6-4-16)18-7-9-20-21-10-8-19-12-23(27(30)31)25(29)14-22(19)26(21)28-24(20)13-18/h3-7,9,12-15,28-29H,8,10-11H2,1-2H3,(H,30,31). The first-order valence-corrected chi connectivity index (χ1v) is 10.7. The van der Waals surface area contributed by atoms with Gasteiger partial charge in [0, 0.05) is 16.5 Å². The molecule has 1 aliphatic rings. The summed E-state index contributed by atoms with van der Waals surface area (Å²) in [4.78, 5) is 14.9. The van der Waals surface area contributed by atoms with Crippen molar-refractivity contribution in [2.24, 2.45) is 5.92 Å². The van der Waals surface area contributed by atoms with Gasteiger partial charge in [0.25, 0.3) is 0 Å². The molecule has 0 amide bonds. The Kier molecular flexibility index (Phi) is 4.58. The maximum Gasteiger partial charge on any atom is 0.339 e. The van der Waals surface area contributed by atoms with E-state index >= 15 is 0 Å². The van der Waals surface area contributed by atoms with Gasteiger partial charge in [-0.05, 0) is 71.2 Å². The third-order valence-corrected chi connectivity index (χ3v) is 6.20. The number of aromatic carboxylic acids is 1. The highest BCUT2D eigenvalue weighted by Crippen LogP contribution is 2.41. The predicted octanol–water partition coefficient (Wildman–Crippen LogP) is 6.20. The second kappa shape index (κ2) is 7.31. The molecule has 0 unspecified atom stereocenters. The molecular weight excluding hydrogens is 386 g/mol. The van der Waals surface area contributed by atoms with Crippen LogP contribution in [-0.4, -0.2) is 21.2 Å². The number of aromatic amines is 1. The molecule has 0 radical (unpaired) electrons. The van der Waals surface area contributed by atoms with E-state index in [-0.39, 0.29) is 11.3 Å². The Morgan fingerprint density at radius 1 is 1.00 bits per heavy atom. The van der Waals surface area contributed by atoms with E-state index in [1.54, 1.807) is 12.1 Å². The van der Waals surface area contributed by atoms with Crippen molar-refractivity contribution in [1.82, 2.24) is 4.98 Å². The van der Waals surface area contributed by atoms with E-state index in [4.69, 9.17) is 0 Å². The Hall–Kier alpha value is -3.53. The first-order chi connectivity index (χ1) is 14.9. The van der Waals surface area contributed by atoms with Crippen molar-refractivity contribution in [1.29, 1.82) is 0 Å². The number of hydrogen-bond donors (Lipinski definition) is 3. The lowest BCUT2D eigenvalue weighted by Gasteiger charge is -2.18. The van der Waals surface area contributed by atoms with Crippen molar-refractivity contribution in [3.63, 3.8) is 0 Å². The predicted molar refractivity (Wildman–Crippen MR) is 124 cm³/mol. The zero-order valence-electron chi connectivity index (χ0n) is 17.7. The highest BCUT2D eigenvalue weighted by atomic mass is 16.4. The monoisotopic (exact) mass is 411 g/mol. The van der Waals surface area contributed by atoms with Crippen LogP contribution in [0.1, 0.15) is 40.9 Å². The SMILES string of the molecule is CC(C)Cc1ccc(-c2ccc3c4c([nH]c3c2)-c2cc(O)c(C(=O)O)cc2CC4)cc1. The van der Waals surface area contributed by atoms with Gasteiger partial charge in [-0.15, -0.1) is 0 Å². The Bertz CT molecular complexity index is 1310. The first kappa shape index (κ1) is 19.4. The van der Waals surface area contributed by atoms with Gasteiger partial charge in [0.05, 0.1) is 5.69 Å². The number of carboxylic acids is 1. The summed E-state index contributed by atoms with van der Waals surface area (Å²) in [6, 6.07) is 18.5. The van der Waals surface area contributed by atoms with E-state index < -0.39 is 5.97 Å². The van der Waals surface area contributed by atoms with Crippen molar-refractivity contribution < 1.29 is 15.0 Å². The fourth-order valence-corrected chi connectivity index (χ4v) is 4.73. The number of carbonyl (C=O) groups is 1. The molecule has 0 aliphatic heterocycles. The number of rotatable bonds is 4. The number of benzene rings is 3. The maximum absolute atomic E-state index is 11.4. The molecule has 0 atom stereocenters. The molecule has 0 saturated carbocycles. The number of fused-ring (bicyclic) bond motifs is 5. The summed E-state index contributed by atoms with van der Waals surface area (Å²) in [5.41, 5.74) is 8.77. The molecule has 3 N–H and O–H groups in total. The van der Waals surface area contributed by atoms with Gasteiger partial charge < -0.3 is 15.2 Å². The van der Waals surface area contributed by atoms with Crippen molar-refractivity contribution >= 4 is 16.9 Å². The van der Waals surface area contributed by atoms with E-state index in [2.05, 4.69) is 61.3 Å². The molecule has 0 fully saturated rings. The lowest BCUT2D eigenvalue weighted by Crippen LogP contribution is -2.06. The maximum atomic E-state index is 11.4. The summed E-state index contributed by atoms with van der Waals surface area (Å²) in [5.74, 6) is -0.659. The van der Waals surface area contributed by atoms with Crippen LogP contribution in [-0.2, 0) is 19.3 Å². The van der Waals surface area contributed by atoms with Gasteiger partial charge in [-0.3, -0.25) is 0 Å². The van der Waals surface area contributed by atoms with Gasteiger partial charge in [0.15, 0.2) is 0 Å². The Morgan fingerprint density at radius 2 is 1.74 bits per heavy atom. The van der Waals surface area contributed by atoms with Crippen LogP contribution in [0.3, 0.4) is 0 Å². The van der Waals surface area contributed by atoms with Crippen molar-refractivity contribution in [3.05, 3.63) is 76.9 Å². The zero-order valence-corrected chi connectivity index (χ0v) is 17.7. The van der Waals surface area contributed by atoms with Crippen LogP contribution < -0.4 is 0 Å². The summed E-state index contributed by atoms with van der Waals surface area (Å²) in [6.07, 6.45) is 2.68. The van der Waals surface area contributed by atoms with E-state index in [0.29, 0.717) is 5.92 Å². The average Bonchev–Trinajstić information content (AvgIpc) is 3.11. The fraction of sp³-hybridized carbons (Fsp3) is 0.222. The summed E-state index contributed by atoms with van der Waals surface area (Å²) < 4.78 is 0. The number of hydrogen-bond acceptors (Lipinski definition) is 2. The van der Waals surface area contributed by atoms with Gasteiger partial charge in [-0.1, -0.05) is 50.2 Å². The van der Waals surface area contributed by atoms with Gasteiger partial charge in [0.1, 0.15) is 11.3 Å². The lowest BCUT2D eigenvalue weighted by atomic mass is 9.87. The topological polar surface area (TPSA) is 73.3 Å². The number of carboxylic acid groups (broad SMARTS) is 1. The number of aromatic nitrogens is 1. The minimum atomic E-state index is -1.10. The second-order valence-electron chi connectivity index (χ2n) is 8.87. The van der Waals surface area contributed by atoms with Crippen LogP contribution in [0.25, 0.3) is 33.3 Å². The minimum Gasteiger partial charge on any atom is -0.507 e. The highest BCUT2D eigenvalue weighted by molar-refractivity contribution is 5.97. The molecule has 31 heavy (non-hydrogen) atoms. The van der Waals surface area contributed by atoms with Crippen LogP contribution in [0.15, 0.2) is 54.6 Å². The molecule has 1 heterocycles. The van der Waals surface area contributed by atoms with Crippen molar-refractivity contribution in [2.45, 2.75) is 33.1 Å². The number of nitrogens with one attached hydrogen (secondary N) is 1. The van der Waals surface area contributed by atoms with Crippen LogP contribution in [0, 0.1) is 5.92 Å². The van der Waals surface area contributed by atoms with Gasteiger partial charge in [-0.2, -0.15) is 0 Å². The molecule has 4 heteroatoms. The fourth-order valence-electron chi connectivity index (χ4n) is 4.73. The molecule has 1 aromatic heterocycles. The Morgan fingerprint density at radius 3 is 2.45 bits per heavy atom. The third kappa shape index (κ3) is 3.38. The largest absolute Gasteiger partial charge is 0.507 e. The van der Waals surface area contributed by atoms with Gasteiger partial charge >= 0.3 is 5.97 Å². The van der Waals surface area contributed by atoms with E-state index in [9.17, 15) is 15.0 Å². The molecule has 1 aliphatic carbocycles. The van der Waals surface area contributed by atoms with Crippen LogP contribution in [0.5, 0.6) is 5.75 Å². The zero-order chi connectivity index (χ0) is 21.7. The smallest absolute Gasteiger partial charge is 0.339 e. The molecule has 0 saturated heterocycles. The molecule has 0 spiro atoms. The van der Waals surface area contributed by atoms with Crippen molar-refractivity contribution in [3.8, 4) is 28.1 Å². The number of aromatic hydroxyl groups is 1. The summed E-state index contributed by atoms with van der Waals surface area (Å²) in [5, 5.41) is 20.7. The Balaban J connectivity index is 1.56. The summed E-state index contributed by atoms with van der Waals surface area (Å²) in [7, 11) is 0. The van der Waals surface area contributed by atoms with Crippen molar-refractivity contribution in [2.75, 3.05) is 0 Å². The van der Waals surface area contributed by atoms with Crippen LogP contribution >= 0.6 is 0 Å². The normalized spacial score (nSPS) is 12.7. The first-order valence-electron chi connectivity index (χ1n) is 10.7. The molecule has 4 aromatic rings. The molecule has 0 bridgehead atoms. The van der Waals surface area contributed by atoms with Gasteiger partial charge in [-0.25, -0.2) is 4.79 Å². The number of phenols is 1. The average molecular weight is 412 g/mol.